The summed E-state index contributed by atoms with van der Waals surface area (Å²) < 4.78 is 33.8. The van der Waals surface area contributed by atoms with E-state index in [1.807, 2.05) is 12.1 Å². The quantitative estimate of drug-likeness (QED) is 0.843. The molecule has 0 N–H and O–H groups in total. The molecule has 6 nitrogen and oxygen atoms in total. The fourth-order valence-electron chi connectivity index (χ4n) is 2.79. The molecule has 0 saturated carbocycles. The van der Waals surface area contributed by atoms with Crippen LogP contribution in [0.5, 0.6) is 11.5 Å². The van der Waals surface area contributed by atoms with Gasteiger partial charge >= 0.3 is 0 Å². The fraction of sp³-hybridized carbons (Fsp3) is 0.500. The lowest BCUT2D eigenvalue weighted by molar-refractivity contribution is 0.00296. The van der Waals surface area contributed by atoms with Crippen LogP contribution in [0.2, 0.25) is 0 Å². The van der Waals surface area contributed by atoms with Crippen LogP contribution in [0, 0.1) is 0 Å². The molecule has 114 valence electrons. The normalized spacial score (nSPS) is 26.5. The van der Waals surface area contributed by atoms with E-state index >= 15 is 0 Å². The van der Waals surface area contributed by atoms with E-state index in [-0.39, 0.29) is 11.5 Å². The Bertz CT molecular complexity index is 697. The van der Waals surface area contributed by atoms with Gasteiger partial charge in [0, 0.05) is 18.4 Å². The topological polar surface area (TPSA) is 74.2 Å². The van der Waals surface area contributed by atoms with Crippen LogP contribution in [0.4, 0.5) is 0 Å². The zero-order valence-electron chi connectivity index (χ0n) is 12.0. The van der Waals surface area contributed by atoms with Crippen LogP contribution in [0.3, 0.4) is 0 Å². The lowest BCUT2D eigenvalue weighted by Gasteiger charge is -2.17. The molecule has 1 aromatic carbocycles. The highest BCUT2D eigenvalue weighted by Crippen LogP contribution is 2.37. The Labute approximate surface area is 123 Å². The number of benzene rings is 1. The molecule has 0 amide bonds. The second-order valence-corrected chi connectivity index (χ2v) is 7.58. The van der Waals surface area contributed by atoms with E-state index in [1.54, 1.807) is 20.3 Å². The molecule has 0 radical (unpaired) electrons. The summed E-state index contributed by atoms with van der Waals surface area (Å²) in [5.74, 6) is 1.46. The van der Waals surface area contributed by atoms with Crippen LogP contribution in [0.25, 0.3) is 0 Å². The van der Waals surface area contributed by atoms with E-state index in [9.17, 15) is 8.42 Å². The largest absolute Gasteiger partial charge is 0.493 e. The Morgan fingerprint density at radius 1 is 1.24 bits per heavy atom. The van der Waals surface area contributed by atoms with Gasteiger partial charge in [0.1, 0.15) is 0 Å². The van der Waals surface area contributed by atoms with Gasteiger partial charge in [-0.2, -0.15) is 0 Å². The predicted octanol–water partition coefficient (Wildman–Crippen LogP) is 1.39. The molecule has 7 heteroatoms. The van der Waals surface area contributed by atoms with E-state index in [2.05, 4.69) is 5.16 Å². The van der Waals surface area contributed by atoms with Gasteiger partial charge in [0.2, 0.25) is 0 Å². The average Bonchev–Trinajstić information content (AvgIpc) is 3.01. The molecule has 2 aliphatic rings. The third-order valence-corrected chi connectivity index (χ3v) is 5.70. The van der Waals surface area contributed by atoms with Crippen molar-refractivity contribution >= 4 is 15.5 Å². The summed E-state index contributed by atoms with van der Waals surface area (Å²) in [6, 6.07) is 5.49. The Morgan fingerprint density at radius 2 is 2.00 bits per heavy atom. The van der Waals surface area contributed by atoms with Gasteiger partial charge in [-0.05, 0) is 18.2 Å². The molecule has 3 rings (SSSR count). The van der Waals surface area contributed by atoms with Crippen LogP contribution in [-0.4, -0.2) is 45.5 Å². The highest BCUT2D eigenvalue weighted by Gasteiger charge is 2.48. The van der Waals surface area contributed by atoms with Crippen molar-refractivity contribution in [2.45, 2.75) is 18.4 Å². The second kappa shape index (κ2) is 4.91. The summed E-state index contributed by atoms with van der Waals surface area (Å²) in [4.78, 5) is 5.47. The van der Waals surface area contributed by atoms with Crippen molar-refractivity contribution in [1.82, 2.24) is 0 Å². The Hall–Kier alpha value is -1.76. The molecule has 0 aliphatic carbocycles. The molecule has 1 fully saturated rings. The smallest absolute Gasteiger partial charge is 0.161 e. The number of hydrogen-bond acceptors (Lipinski definition) is 6. The lowest BCUT2D eigenvalue weighted by atomic mass is 9.93. The third-order valence-electron chi connectivity index (χ3n) is 3.91. The summed E-state index contributed by atoms with van der Waals surface area (Å²) >= 11 is 0. The highest BCUT2D eigenvalue weighted by molar-refractivity contribution is 7.91. The van der Waals surface area contributed by atoms with E-state index in [1.165, 1.54) is 0 Å². The maximum atomic E-state index is 11.7. The van der Waals surface area contributed by atoms with Gasteiger partial charge in [-0.25, -0.2) is 8.42 Å². The first kappa shape index (κ1) is 14.2. The van der Waals surface area contributed by atoms with Gasteiger partial charge in [-0.1, -0.05) is 5.16 Å². The zero-order valence-corrected chi connectivity index (χ0v) is 12.8. The van der Waals surface area contributed by atoms with Crippen molar-refractivity contribution in [3.05, 3.63) is 23.8 Å². The molecule has 2 aliphatic heterocycles. The first-order valence-corrected chi connectivity index (χ1v) is 8.47. The number of oxime groups is 1. The van der Waals surface area contributed by atoms with Gasteiger partial charge in [0.15, 0.2) is 26.9 Å². The molecule has 0 bridgehead atoms. The number of nitrogens with zero attached hydrogens (tertiary/aromatic N) is 1. The van der Waals surface area contributed by atoms with E-state index in [0.717, 1.165) is 11.3 Å². The highest BCUT2D eigenvalue weighted by atomic mass is 32.2. The van der Waals surface area contributed by atoms with E-state index in [4.69, 9.17) is 14.3 Å². The first-order valence-electron chi connectivity index (χ1n) is 6.65. The number of hydrogen-bond donors (Lipinski definition) is 0. The van der Waals surface area contributed by atoms with Crippen LogP contribution in [0.15, 0.2) is 23.4 Å². The number of methoxy groups -OCH3 is 2. The maximum Gasteiger partial charge on any atom is 0.161 e. The van der Waals surface area contributed by atoms with Crippen molar-refractivity contribution in [2.24, 2.45) is 5.16 Å². The second-order valence-electron chi connectivity index (χ2n) is 5.40. The van der Waals surface area contributed by atoms with Gasteiger partial charge in [0.05, 0.1) is 31.4 Å². The van der Waals surface area contributed by atoms with Gasteiger partial charge < -0.3 is 14.3 Å². The standard InChI is InChI=1S/C14H17NO5S/c1-18-12-4-3-10(7-13(12)19-2)11-8-14(20-15-11)5-6-21(16,17)9-14/h3-4,7H,5-6,8-9H2,1-2H3. The summed E-state index contributed by atoms with van der Waals surface area (Å²) in [5.41, 5.74) is 0.920. The molecular weight excluding hydrogens is 294 g/mol. The molecule has 1 saturated heterocycles. The zero-order chi connectivity index (χ0) is 15.1. The van der Waals surface area contributed by atoms with Crippen molar-refractivity contribution in [3.63, 3.8) is 0 Å². The number of rotatable bonds is 3. The first-order chi connectivity index (χ1) is 9.97. The van der Waals surface area contributed by atoms with Crippen LogP contribution in [0.1, 0.15) is 18.4 Å². The minimum absolute atomic E-state index is 0.0420. The number of ether oxygens (including phenoxy) is 2. The molecule has 0 aromatic heterocycles. The van der Waals surface area contributed by atoms with Crippen molar-refractivity contribution in [1.29, 1.82) is 0 Å². The predicted molar refractivity (Wildman–Crippen MR) is 77.8 cm³/mol. The van der Waals surface area contributed by atoms with Crippen LogP contribution < -0.4 is 9.47 Å². The van der Waals surface area contributed by atoms with E-state index in [0.29, 0.717) is 24.3 Å². The van der Waals surface area contributed by atoms with E-state index < -0.39 is 15.4 Å². The fourth-order valence-corrected chi connectivity index (χ4v) is 4.72. The lowest BCUT2D eigenvalue weighted by Crippen LogP contribution is -2.30. The Kier molecular flexibility index (Phi) is 3.32. The Morgan fingerprint density at radius 3 is 2.62 bits per heavy atom. The minimum atomic E-state index is -3.01. The van der Waals surface area contributed by atoms with Gasteiger partial charge in [-0.15, -0.1) is 0 Å². The molecular formula is C14H17NO5S. The van der Waals surface area contributed by atoms with Crippen molar-refractivity contribution in [2.75, 3.05) is 25.7 Å². The summed E-state index contributed by atoms with van der Waals surface area (Å²) in [7, 11) is 0.134. The van der Waals surface area contributed by atoms with Crippen molar-refractivity contribution < 1.29 is 22.7 Å². The van der Waals surface area contributed by atoms with Crippen LogP contribution >= 0.6 is 0 Å². The molecule has 1 unspecified atom stereocenters. The van der Waals surface area contributed by atoms with Crippen LogP contribution in [-0.2, 0) is 14.7 Å². The molecule has 21 heavy (non-hydrogen) atoms. The minimum Gasteiger partial charge on any atom is -0.493 e. The molecule has 2 heterocycles. The third kappa shape index (κ3) is 2.57. The van der Waals surface area contributed by atoms with Gasteiger partial charge in [-0.3, -0.25) is 0 Å². The average molecular weight is 311 g/mol. The summed E-state index contributed by atoms with van der Waals surface area (Å²) in [6.07, 6.45) is 0.997. The molecule has 1 aromatic rings. The van der Waals surface area contributed by atoms with Crippen molar-refractivity contribution in [3.8, 4) is 11.5 Å². The SMILES string of the molecule is COc1ccc(C2=NOC3(CCS(=O)(=O)C3)C2)cc1OC. The monoisotopic (exact) mass is 311 g/mol. The Balaban J connectivity index is 1.84. The summed E-state index contributed by atoms with van der Waals surface area (Å²) in [6.45, 7) is 0. The summed E-state index contributed by atoms with van der Waals surface area (Å²) in [5, 5.41) is 4.09. The van der Waals surface area contributed by atoms with Gasteiger partial charge in [0.25, 0.3) is 0 Å². The molecule has 1 spiro atoms. The molecule has 1 atom stereocenters. The number of sulfone groups is 1. The maximum absolute atomic E-state index is 11.7.